The number of para-hydroxylation sites is 3. The zero-order valence-electron chi connectivity index (χ0n) is 38.2. The predicted octanol–water partition coefficient (Wildman–Crippen LogP) is 10.5. The first kappa shape index (κ1) is 33.6. The van der Waals surface area contributed by atoms with Gasteiger partial charge in [0, 0.05) is 39.6 Å². The van der Waals surface area contributed by atoms with Crippen LogP contribution in [0.25, 0.3) is 60.9 Å². The fourth-order valence-electron chi connectivity index (χ4n) is 9.87. The van der Waals surface area contributed by atoms with Crippen molar-refractivity contribution in [3.63, 3.8) is 0 Å². The molecule has 4 aromatic heterocycles. The van der Waals surface area contributed by atoms with Gasteiger partial charge in [0.2, 0.25) is 12.2 Å². The molecule has 0 saturated heterocycles. The lowest BCUT2D eigenvalue weighted by molar-refractivity contribution is -0.649. The smallest absolute Gasteiger partial charge is 0.263 e. The molecule has 6 heterocycles. The van der Waals surface area contributed by atoms with E-state index in [0.29, 0.717) is 34.1 Å². The average Bonchev–Trinajstić information content (AvgIpc) is 3.99. The van der Waals surface area contributed by atoms with Gasteiger partial charge in [0.1, 0.15) is 34.6 Å². The van der Waals surface area contributed by atoms with Gasteiger partial charge in [-0.3, -0.25) is 9.13 Å². The van der Waals surface area contributed by atoms with Gasteiger partial charge < -0.3 is 23.3 Å². The minimum Gasteiger partial charge on any atom is -0.458 e. The number of benzene rings is 7. The van der Waals surface area contributed by atoms with Crippen LogP contribution in [-0.2, 0) is 12.4 Å². The molecule has 0 fully saturated rings. The van der Waals surface area contributed by atoms with E-state index < -0.39 is 6.98 Å². The Bertz CT molecular complexity index is 3860. The highest BCUT2D eigenvalue weighted by Gasteiger charge is 2.43. The maximum absolute atomic E-state index is 8.68. The van der Waals surface area contributed by atoms with Gasteiger partial charge in [-0.1, -0.05) is 99.6 Å². The summed E-state index contributed by atoms with van der Waals surface area (Å²) < 4.78 is 53.3. The Hall–Kier alpha value is -8.04. The number of imidazole rings is 1. The molecule has 9 heteroatoms. The number of aryl methyl sites for hydroxylation is 1. The van der Waals surface area contributed by atoms with Crippen molar-refractivity contribution in [1.29, 1.82) is 0 Å². The standard InChI is InChI=1S/C55H40BN5O3/c1-55(2,3)34-27-28-57-51(29-34)61-43-18-8-5-15-39(43)40-25-24-38(32-46(40)61)62-37-14-11-13-35(30-37)59-33-58(4)47-31-36(23-26-45(47)59)60-44-19-9-6-16-41(44)52-54(60)64-50-22-12-21-49-53(50)56(52)42-17-7-10-20-48(42)63-49/h5-32H,1-4H3/i4D3. The van der Waals surface area contributed by atoms with Crippen LogP contribution >= 0.6 is 0 Å². The van der Waals surface area contributed by atoms with Crippen molar-refractivity contribution in [1.82, 2.24) is 18.7 Å². The molecule has 13 rings (SSSR count). The van der Waals surface area contributed by atoms with Crippen LogP contribution in [0.1, 0.15) is 30.4 Å². The predicted molar refractivity (Wildman–Crippen MR) is 255 cm³/mol. The van der Waals surface area contributed by atoms with Gasteiger partial charge >= 0.3 is 0 Å². The van der Waals surface area contributed by atoms with Crippen molar-refractivity contribution in [2.45, 2.75) is 26.2 Å². The molecule has 0 spiro atoms. The number of rotatable bonds is 5. The normalized spacial score (nSPS) is 13.8. The summed E-state index contributed by atoms with van der Waals surface area (Å²) in [6.07, 6.45) is 5.07. The molecule has 0 saturated carbocycles. The van der Waals surface area contributed by atoms with E-state index in [0.717, 1.165) is 77.9 Å². The number of fused-ring (bicyclic) bond motifs is 10. The molecule has 0 bridgehead atoms. The van der Waals surface area contributed by atoms with Crippen molar-refractivity contribution in [2.24, 2.45) is 6.98 Å². The van der Waals surface area contributed by atoms with E-state index in [1.807, 2.05) is 103 Å². The number of ether oxygens (including phenoxy) is 3. The van der Waals surface area contributed by atoms with Crippen LogP contribution in [0.5, 0.6) is 34.6 Å². The third-order valence-electron chi connectivity index (χ3n) is 12.8. The van der Waals surface area contributed by atoms with Crippen LogP contribution in [-0.4, -0.2) is 25.4 Å². The second-order valence-corrected chi connectivity index (χ2v) is 17.6. The highest BCUT2D eigenvalue weighted by Crippen LogP contribution is 2.40. The summed E-state index contributed by atoms with van der Waals surface area (Å²) in [5, 5.41) is 3.26. The second kappa shape index (κ2) is 13.5. The summed E-state index contributed by atoms with van der Waals surface area (Å²) in [7, 11) is 0. The second-order valence-electron chi connectivity index (χ2n) is 17.6. The Labute approximate surface area is 374 Å². The number of hydrogen-bond acceptors (Lipinski definition) is 4. The van der Waals surface area contributed by atoms with E-state index in [9.17, 15) is 0 Å². The van der Waals surface area contributed by atoms with Crippen LogP contribution in [0.2, 0.25) is 0 Å². The minimum absolute atomic E-state index is 0.0488. The summed E-state index contributed by atoms with van der Waals surface area (Å²) in [5.41, 5.74) is 9.78. The van der Waals surface area contributed by atoms with Gasteiger partial charge in [-0.25, -0.2) is 4.98 Å². The fraction of sp³-hybridized carbons (Fsp3) is 0.0909. The van der Waals surface area contributed by atoms with Crippen molar-refractivity contribution >= 4 is 66.8 Å². The number of pyridine rings is 1. The molecule has 2 aliphatic heterocycles. The molecule has 0 radical (unpaired) electrons. The molecular formula is C55H40BN5O3. The minimum atomic E-state index is -2.54. The third-order valence-corrected chi connectivity index (χ3v) is 12.8. The first-order valence-electron chi connectivity index (χ1n) is 23.0. The van der Waals surface area contributed by atoms with Crippen LogP contribution in [0.15, 0.2) is 170 Å². The van der Waals surface area contributed by atoms with Crippen LogP contribution in [0, 0.1) is 6.33 Å². The monoisotopic (exact) mass is 832 g/mol. The van der Waals surface area contributed by atoms with Crippen LogP contribution in [0.3, 0.4) is 0 Å². The Morgan fingerprint density at radius 2 is 1.34 bits per heavy atom. The van der Waals surface area contributed by atoms with Crippen molar-refractivity contribution in [2.75, 3.05) is 0 Å². The van der Waals surface area contributed by atoms with Gasteiger partial charge in [-0.15, -0.1) is 0 Å². The van der Waals surface area contributed by atoms with E-state index in [1.54, 1.807) is 4.57 Å². The lowest BCUT2D eigenvalue weighted by Crippen LogP contribution is -2.57. The lowest BCUT2D eigenvalue weighted by atomic mass is 9.35. The highest BCUT2D eigenvalue weighted by molar-refractivity contribution is 6.99. The fourth-order valence-corrected chi connectivity index (χ4v) is 9.87. The van der Waals surface area contributed by atoms with Crippen LogP contribution < -0.4 is 35.2 Å². The quantitative estimate of drug-likeness (QED) is 0.0985. The van der Waals surface area contributed by atoms with Gasteiger partial charge in [0.05, 0.1) is 44.4 Å². The molecular weight excluding hydrogens is 789 g/mol. The topological polar surface area (TPSA) is 59.2 Å². The summed E-state index contributed by atoms with van der Waals surface area (Å²) in [4.78, 5) is 4.84. The Morgan fingerprint density at radius 3 is 2.20 bits per heavy atom. The zero-order valence-corrected chi connectivity index (χ0v) is 35.2. The molecule has 8 nitrogen and oxygen atoms in total. The largest absolute Gasteiger partial charge is 0.458 e. The molecule has 306 valence electrons. The summed E-state index contributed by atoms with van der Waals surface area (Å²) in [5.74, 6) is 5.05. The van der Waals surface area contributed by atoms with E-state index >= 15 is 0 Å². The first-order valence-corrected chi connectivity index (χ1v) is 21.5. The molecule has 0 unspecified atom stereocenters. The molecule has 0 aliphatic carbocycles. The van der Waals surface area contributed by atoms with Gasteiger partial charge in [-0.2, -0.15) is 0 Å². The van der Waals surface area contributed by atoms with Crippen molar-refractivity contribution < 1.29 is 22.9 Å². The Morgan fingerprint density at radius 1 is 0.609 bits per heavy atom. The maximum Gasteiger partial charge on any atom is 0.263 e. The third kappa shape index (κ3) is 5.43. The summed E-state index contributed by atoms with van der Waals surface area (Å²) in [6, 6.07) is 54.6. The summed E-state index contributed by atoms with van der Waals surface area (Å²) in [6.45, 7) is 3.94. The number of nitrogens with zero attached hydrogens (tertiary/aromatic N) is 5. The molecule has 0 N–H and O–H groups in total. The molecule has 11 aromatic rings. The van der Waals surface area contributed by atoms with Gasteiger partial charge in [0.25, 0.3) is 6.71 Å². The molecule has 2 aliphatic rings. The first-order chi connectivity index (χ1) is 32.5. The number of hydrogen-bond donors (Lipinski definition) is 0. The van der Waals surface area contributed by atoms with Gasteiger partial charge in [0.15, 0.2) is 0 Å². The Kier molecular flexibility index (Phi) is 7.07. The van der Waals surface area contributed by atoms with Gasteiger partial charge in [-0.05, 0) is 101 Å². The SMILES string of the molecule is [2H]C([2H])([2H])[n+]1[c-]n(-c2cccc(Oc3ccc4c5ccccc5n(-c5cc(C(C)(C)C)ccn5)c4c3)c2)c2ccc(-n3c4c(c5ccccc53)B3c5ccccc5Oc5cccc(c53)O4)cc21. The van der Waals surface area contributed by atoms with E-state index in [2.05, 4.69) is 103 Å². The Balaban J connectivity index is 0.912. The molecule has 0 atom stereocenters. The van der Waals surface area contributed by atoms with Crippen molar-refractivity contribution in [3.8, 4) is 51.8 Å². The van der Waals surface area contributed by atoms with E-state index in [-0.39, 0.29) is 12.1 Å². The average molecular weight is 833 g/mol. The van der Waals surface area contributed by atoms with E-state index in [1.165, 1.54) is 10.1 Å². The van der Waals surface area contributed by atoms with E-state index in [4.69, 9.17) is 23.3 Å². The molecule has 64 heavy (non-hydrogen) atoms. The maximum atomic E-state index is 8.68. The van der Waals surface area contributed by atoms with Crippen molar-refractivity contribution in [3.05, 3.63) is 182 Å². The highest BCUT2D eigenvalue weighted by atomic mass is 16.5. The van der Waals surface area contributed by atoms with Crippen LogP contribution in [0.4, 0.5) is 0 Å². The molecule has 0 amide bonds. The lowest BCUT2D eigenvalue weighted by Gasteiger charge is -2.32. The molecule has 7 aromatic carbocycles. The summed E-state index contributed by atoms with van der Waals surface area (Å²) >= 11 is 0. The number of aromatic nitrogens is 5. The zero-order chi connectivity index (χ0) is 45.3.